The van der Waals surface area contributed by atoms with Crippen molar-refractivity contribution in [2.45, 2.75) is 31.9 Å². The Balaban J connectivity index is 1.34. The molecular weight excluding hydrogens is 380 g/mol. The van der Waals surface area contributed by atoms with E-state index in [4.69, 9.17) is 4.74 Å². The van der Waals surface area contributed by atoms with Gasteiger partial charge in [0.05, 0.1) is 19.3 Å². The second kappa shape index (κ2) is 9.30. The lowest BCUT2D eigenvalue weighted by Gasteiger charge is -2.34. The zero-order valence-corrected chi connectivity index (χ0v) is 17.7. The van der Waals surface area contributed by atoms with Crippen molar-refractivity contribution >= 4 is 17.6 Å². The number of ether oxygens (including phenoxy) is 1. The Bertz CT molecular complexity index is 905. The Hall–Kier alpha value is -2.87. The molecule has 1 saturated carbocycles. The van der Waals surface area contributed by atoms with Gasteiger partial charge in [0.1, 0.15) is 6.10 Å². The molecule has 2 heterocycles. The van der Waals surface area contributed by atoms with E-state index in [1.807, 2.05) is 37.6 Å². The van der Waals surface area contributed by atoms with Gasteiger partial charge in [-0.3, -0.25) is 14.5 Å². The van der Waals surface area contributed by atoms with E-state index < -0.39 is 0 Å². The number of aromatic nitrogens is 2. The highest BCUT2D eigenvalue weighted by molar-refractivity contribution is 5.93. The number of hydrogen-bond acceptors (Lipinski definition) is 4. The molecule has 1 unspecified atom stereocenters. The molecule has 2 aliphatic rings. The minimum absolute atomic E-state index is 0.0176. The topological polar surface area (TPSA) is 83.8 Å². The van der Waals surface area contributed by atoms with Crippen molar-refractivity contribution in [1.82, 2.24) is 20.0 Å². The fraction of sp³-hybridized carbons (Fsp3) is 0.500. The maximum atomic E-state index is 12.2. The summed E-state index contributed by atoms with van der Waals surface area (Å²) in [5, 5.41) is 10.7. The van der Waals surface area contributed by atoms with Crippen molar-refractivity contribution in [2.24, 2.45) is 18.0 Å². The largest absolute Gasteiger partial charge is 0.370 e. The van der Waals surface area contributed by atoms with Crippen molar-refractivity contribution in [3.8, 4) is 0 Å². The van der Waals surface area contributed by atoms with Crippen LogP contribution in [0.25, 0.3) is 0 Å². The molecule has 4 rings (SSSR count). The smallest absolute Gasteiger partial charge is 0.227 e. The van der Waals surface area contributed by atoms with Gasteiger partial charge in [0.25, 0.3) is 0 Å². The predicted molar refractivity (Wildman–Crippen MR) is 116 cm³/mol. The number of carbonyl (C=O) groups is 1. The van der Waals surface area contributed by atoms with Crippen molar-refractivity contribution in [3.05, 3.63) is 47.8 Å². The van der Waals surface area contributed by atoms with Crippen LogP contribution in [0.3, 0.4) is 0 Å². The lowest BCUT2D eigenvalue weighted by atomic mass is 9.85. The summed E-state index contributed by atoms with van der Waals surface area (Å²) in [6.07, 6.45) is 6.99. The molecule has 1 aromatic heterocycles. The van der Waals surface area contributed by atoms with Gasteiger partial charge >= 0.3 is 0 Å². The number of anilines is 1. The van der Waals surface area contributed by atoms with Crippen LogP contribution in [0.15, 0.2) is 41.7 Å². The summed E-state index contributed by atoms with van der Waals surface area (Å²) in [5.74, 6) is 1.16. The van der Waals surface area contributed by atoms with Gasteiger partial charge in [-0.25, -0.2) is 0 Å². The standard InChI is InChI=1S/C22H30N6O2/c1-23-22(28-9-10-30-20(15-28)18-13-25-27(2)14-18)24-12-16-5-3-8-19(11-16)26-21(29)17-6-4-7-17/h3,5,8,11,13-14,17,20H,4,6-7,9-10,12,15H2,1-2H3,(H,23,24)(H,26,29). The average molecular weight is 411 g/mol. The van der Waals surface area contributed by atoms with Crippen LogP contribution in [0.2, 0.25) is 0 Å². The van der Waals surface area contributed by atoms with Crippen LogP contribution in [-0.2, 0) is 23.1 Å². The Morgan fingerprint density at radius 1 is 1.37 bits per heavy atom. The van der Waals surface area contributed by atoms with E-state index in [0.29, 0.717) is 13.2 Å². The summed E-state index contributed by atoms with van der Waals surface area (Å²) < 4.78 is 7.73. The molecular formula is C22H30N6O2. The molecule has 2 N–H and O–H groups in total. The second-order valence-electron chi connectivity index (χ2n) is 7.97. The van der Waals surface area contributed by atoms with Gasteiger partial charge in [-0.15, -0.1) is 0 Å². The number of benzene rings is 1. The third-order valence-electron chi connectivity index (χ3n) is 5.80. The molecule has 8 nitrogen and oxygen atoms in total. The summed E-state index contributed by atoms with van der Waals surface area (Å²) in [4.78, 5) is 18.9. The van der Waals surface area contributed by atoms with Crippen molar-refractivity contribution in [2.75, 3.05) is 32.1 Å². The van der Waals surface area contributed by atoms with Gasteiger partial charge in [0.15, 0.2) is 5.96 Å². The molecule has 0 bridgehead atoms. The molecule has 1 aliphatic heterocycles. The minimum Gasteiger partial charge on any atom is -0.370 e. The highest BCUT2D eigenvalue weighted by Crippen LogP contribution is 2.27. The normalized spacial score (nSPS) is 20.0. The lowest BCUT2D eigenvalue weighted by Crippen LogP contribution is -2.47. The maximum absolute atomic E-state index is 12.2. The monoisotopic (exact) mass is 410 g/mol. The van der Waals surface area contributed by atoms with E-state index in [1.54, 1.807) is 11.7 Å². The summed E-state index contributed by atoms with van der Waals surface area (Å²) in [6, 6.07) is 7.99. The van der Waals surface area contributed by atoms with E-state index in [-0.39, 0.29) is 17.9 Å². The number of aryl methyl sites for hydroxylation is 1. The molecule has 1 atom stereocenters. The highest BCUT2D eigenvalue weighted by Gasteiger charge is 2.26. The average Bonchev–Trinajstić information content (AvgIpc) is 3.14. The van der Waals surface area contributed by atoms with Gasteiger partial charge in [-0.1, -0.05) is 18.6 Å². The van der Waals surface area contributed by atoms with Crippen molar-refractivity contribution in [3.63, 3.8) is 0 Å². The van der Waals surface area contributed by atoms with Gasteiger partial charge in [-0.2, -0.15) is 5.10 Å². The highest BCUT2D eigenvalue weighted by atomic mass is 16.5. The molecule has 30 heavy (non-hydrogen) atoms. The van der Waals surface area contributed by atoms with Crippen LogP contribution in [-0.4, -0.2) is 53.3 Å². The number of rotatable bonds is 5. The number of amides is 1. The number of aliphatic imine (C=N–C) groups is 1. The maximum Gasteiger partial charge on any atom is 0.227 e. The lowest BCUT2D eigenvalue weighted by molar-refractivity contribution is -0.122. The van der Waals surface area contributed by atoms with Crippen molar-refractivity contribution in [1.29, 1.82) is 0 Å². The molecule has 2 aromatic rings. The van der Waals surface area contributed by atoms with E-state index in [9.17, 15) is 4.79 Å². The third-order valence-corrected chi connectivity index (χ3v) is 5.80. The van der Waals surface area contributed by atoms with Crippen LogP contribution in [0.1, 0.15) is 36.5 Å². The van der Waals surface area contributed by atoms with E-state index >= 15 is 0 Å². The van der Waals surface area contributed by atoms with Gasteiger partial charge < -0.3 is 20.3 Å². The second-order valence-corrected chi connectivity index (χ2v) is 7.97. The molecule has 1 saturated heterocycles. The van der Waals surface area contributed by atoms with Crippen LogP contribution in [0.5, 0.6) is 0 Å². The Labute approximate surface area is 177 Å². The molecule has 1 amide bonds. The quantitative estimate of drug-likeness (QED) is 0.584. The van der Waals surface area contributed by atoms with Gasteiger partial charge in [0.2, 0.25) is 5.91 Å². The first-order valence-electron chi connectivity index (χ1n) is 10.6. The number of hydrogen-bond donors (Lipinski definition) is 2. The van der Waals surface area contributed by atoms with Crippen LogP contribution < -0.4 is 10.6 Å². The fourth-order valence-electron chi connectivity index (χ4n) is 3.84. The van der Waals surface area contributed by atoms with Gasteiger partial charge in [-0.05, 0) is 30.5 Å². The Kier molecular flexibility index (Phi) is 6.32. The van der Waals surface area contributed by atoms with E-state index in [0.717, 1.165) is 55.1 Å². The molecule has 1 aliphatic carbocycles. The Morgan fingerprint density at radius 2 is 2.23 bits per heavy atom. The first kappa shape index (κ1) is 20.4. The molecule has 1 aromatic carbocycles. The van der Waals surface area contributed by atoms with Crippen LogP contribution in [0, 0.1) is 5.92 Å². The number of morpholine rings is 1. The summed E-state index contributed by atoms with van der Waals surface area (Å²) >= 11 is 0. The first-order chi connectivity index (χ1) is 14.6. The van der Waals surface area contributed by atoms with Crippen molar-refractivity contribution < 1.29 is 9.53 Å². The number of carbonyl (C=O) groups excluding carboxylic acids is 1. The van der Waals surface area contributed by atoms with Gasteiger partial charge in [0, 0.05) is 50.6 Å². The summed E-state index contributed by atoms with van der Waals surface area (Å²) in [7, 11) is 3.71. The van der Waals surface area contributed by atoms with E-state index in [1.165, 1.54) is 0 Å². The third kappa shape index (κ3) is 4.81. The minimum atomic E-state index is -0.0176. The predicted octanol–water partition coefficient (Wildman–Crippen LogP) is 2.31. The number of nitrogens with zero attached hydrogens (tertiary/aromatic N) is 4. The molecule has 0 radical (unpaired) electrons. The van der Waals surface area contributed by atoms with E-state index in [2.05, 4.69) is 31.7 Å². The SMILES string of the molecule is CN=C(NCc1cccc(NC(=O)C2CCC2)c1)N1CCOC(c2cnn(C)c2)C1. The first-order valence-corrected chi connectivity index (χ1v) is 10.6. The number of nitrogens with one attached hydrogen (secondary N) is 2. The molecule has 160 valence electrons. The van der Waals surface area contributed by atoms with Crippen LogP contribution >= 0.6 is 0 Å². The summed E-state index contributed by atoms with van der Waals surface area (Å²) in [5.41, 5.74) is 3.02. The zero-order valence-electron chi connectivity index (χ0n) is 17.7. The molecule has 8 heteroatoms. The molecule has 0 spiro atoms. The molecule has 2 fully saturated rings. The fourth-order valence-corrected chi connectivity index (χ4v) is 3.84. The summed E-state index contributed by atoms with van der Waals surface area (Å²) in [6.45, 7) is 2.79. The number of guanidine groups is 1. The van der Waals surface area contributed by atoms with Crippen LogP contribution in [0.4, 0.5) is 5.69 Å². The Morgan fingerprint density at radius 3 is 2.93 bits per heavy atom. The zero-order chi connectivity index (χ0) is 20.9.